The topological polar surface area (TPSA) is 82.3 Å². The van der Waals surface area contributed by atoms with Crippen LogP contribution in [0.2, 0.25) is 0 Å². The molecular weight excluding hydrogens is 358 g/mol. The third-order valence-corrected chi connectivity index (χ3v) is 3.65. The predicted molar refractivity (Wildman–Crippen MR) is 89.7 cm³/mol. The molecule has 3 rings (SSSR count). The van der Waals surface area contributed by atoms with Crippen LogP contribution in [-0.2, 0) is 16.0 Å². The summed E-state index contributed by atoms with van der Waals surface area (Å²) in [7, 11) is 0. The number of halogens is 2. The highest BCUT2D eigenvalue weighted by atomic mass is 19.2. The second-order valence-corrected chi connectivity index (χ2v) is 5.59. The van der Waals surface area contributed by atoms with E-state index in [1.54, 1.807) is 0 Å². The average molecular weight is 372 g/mol. The second kappa shape index (κ2) is 8.31. The molecule has 0 bridgehead atoms. The summed E-state index contributed by atoms with van der Waals surface area (Å²) in [6, 6.07) is 11.9. The number of hydrogen-bond donors (Lipinski definition) is 0. The van der Waals surface area contributed by atoms with Crippen molar-refractivity contribution in [2.24, 2.45) is 0 Å². The molecule has 0 saturated heterocycles. The number of Topliss-reactive ketones (excluding diaryl/α,β-unsaturated/α-hetero) is 1. The van der Waals surface area contributed by atoms with Crippen molar-refractivity contribution in [1.82, 2.24) is 10.1 Å². The maximum atomic E-state index is 13.1. The molecule has 0 aliphatic heterocycles. The van der Waals surface area contributed by atoms with Crippen LogP contribution < -0.4 is 0 Å². The lowest BCUT2D eigenvalue weighted by molar-refractivity contribution is -0.142. The van der Waals surface area contributed by atoms with Crippen LogP contribution in [0.1, 0.15) is 22.7 Å². The molecule has 1 heterocycles. The molecule has 1 aromatic heterocycles. The summed E-state index contributed by atoms with van der Waals surface area (Å²) in [6.07, 6.45) is 0.0829. The van der Waals surface area contributed by atoms with E-state index in [1.165, 1.54) is 0 Å². The first kappa shape index (κ1) is 18.4. The molecule has 0 radical (unpaired) electrons. The summed E-state index contributed by atoms with van der Waals surface area (Å²) < 4.78 is 35.9. The molecule has 0 atom stereocenters. The van der Waals surface area contributed by atoms with Gasteiger partial charge in [0.2, 0.25) is 11.7 Å². The van der Waals surface area contributed by atoms with Gasteiger partial charge in [-0.3, -0.25) is 9.59 Å². The fraction of sp³-hybridized carbons (Fsp3) is 0.158. The Morgan fingerprint density at radius 3 is 2.56 bits per heavy atom. The van der Waals surface area contributed by atoms with Crippen LogP contribution in [0.4, 0.5) is 8.78 Å². The largest absolute Gasteiger partial charge is 0.457 e. The molecule has 0 saturated carbocycles. The van der Waals surface area contributed by atoms with Crippen molar-refractivity contribution in [3.63, 3.8) is 0 Å². The van der Waals surface area contributed by atoms with Crippen molar-refractivity contribution in [2.75, 3.05) is 6.61 Å². The van der Waals surface area contributed by atoms with Gasteiger partial charge in [-0.25, -0.2) is 8.78 Å². The average Bonchev–Trinajstić information content (AvgIpc) is 3.16. The number of nitrogens with zero attached hydrogens (tertiary/aromatic N) is 2. The van der Waals surface area contributed by atoms with Gasteiger partial charge in [-0.05, 0) is 18.2 Å². The summed E-state index contributed by atoms with van der Waals surface area (Å²) in [4.78, 5) is 27.8. The van der Waals surface area contributed by atoms with Gasteiger partial charge >= 0.3 is 5.97 Å². The minimum absolute atomic E-state index is 0.0680. The first-order valence-electron chi connectivity index (χ1n) is 8.05. The molecule has 2 aromatic carbocycles. The van der Waals surface area contributed by atoms with Crippen LogP contribution in [0, 0.1) is 11.6 Å². The third-order valence-electron chi connectivity index (χ3n) is 3.65. The summed E-state index contributed by atoms with van der Waals surface area (Å²) >= 11 is 0. The minimum atomic E-state index is -1.14. The minimum Gasteiger partial charge on any atom is -0.457 e. The van der Waals surface area contributed by atoms with E-state index in [1.807, 2.05) is 30.3 Å². The van der Waals surface area contributed by atoms with E-state index in [9.17, 15) is 18.4 Å². The second-order valence-electron chi connectivity index (χ2n) is 5.59. The van der Waals surface area contributed by atoms with Crippen LogP contribution in [0.5, 0.6) is 0 Å². The van der Waals surface area contributed by atoms with Crippen molar-refractivity contribution in [2.45, 2.75) is 12.8 Å². The summed E-state index contributed by atoms with van der Waals surface area (Å²) in [6.45, 7) is -0.566. The number of aryl methyl sites for hydroxylation is 1. The van der Waals surface area contributed by atoms with Crippen LogP contribution >= 0.6 is 0 Å². The maximum Gasteiger partial charge on any atom is 0.306 e. The molecule has 138 valence electrons. The molecule has 0 spiro atoms. The number of rotatable bonds is 7. The Hall–Kier alpha value is -3.42. The molecule has 0 N–H and O–H groups in total. The Kier molecular flexibility index (Phi) is 5.65. The third kappa shape index (κ3) is 4.81. The van der Waals surface area contributed by atoms with Crippen molar-refractivity contribution in [3.05, 3.63) is 71.6 Å². The Morgan fingerprint density at radius 1 is 1.04 bits per heavy atom. The van der Waals surface area contributed by atoms with Gasteiger partial charge < -0.3 is 9.26 Å². The van der Waals surface area contributed by atoms with E-state index in [2.05, 4.69) is 10.1 Å². The van der Waals surface area contributed by atoms with Gasteiger partial charge in [0, 0.05) is 17.5 Å². The lowest BCUT2D eigenvalue weighted by Crippen LogP contribution is -2.15. The smallest absolute Gasteiger partial charge is 0.306 e. The Bertz CT molecular complexity index is 957. The molecule has 0 aliphatic carbocycles. The van der Waals surface area contributed by atoms with E-state index >= 15 is 0 Å². The van der Waals surface area contributed by atoms with Crippen molar-refractivity contribution in [1.29, 1.82) is 0 Å². The first-order chi connectivity index (χ1) is 13.0. The zero-order valence-electron chi connectivity index (χ0n) is 14.0. The number of aromatic nitrogens is 2. The number of benzene rings is 2. The number of ketones is 1. The summed E-state index contributed by atoms with van der Waals surface area (Å²) in [5, 5.41) is 3.84. The van der Waals surface area contributed by atoms with Gasteiger partial charge in [-0.15, -0.1) is 0 Å². The van der Waals surface area contributed by atoms with E-state index in [4.69, 9.17) is 9.26 Å². The van der Waals surface area contributed by atoms with Crippen molar-refractivity contribution < 1.29 is 27.6 Å². The Labute approximate surface area is 152 Å². The van der Waals surface area contributed by atoms with E-state index < -0.39 is 30.0 Å². The van der Waals surface area contributed by atoms with Gasteiger partial charge in [0.05, 0.1) is 6.42 Å². The van der Waals surface area contributed by atoms with Gasteiger partial charge in [-0.2, -0.15) is 4.98 Å². The van der Waals surface area contributed by atoms with Gasteiger partial charge in [0.15, 0.2) is 24.0 Å². The molecule has 6 nitrogen and oxygen atoms in total. The highest BCUT2D eigenvalue weighted by Crippen LogP contribution is 2.15. The van der Waals surface area contributed by atoms with Crippen LogP contribution in [-0.4, -0.2) is 28.5 Å². The molecule has 0 fully saturated rings. The molecule has 0 amide bonds. The van der Waals surface area contributed by atoms with Crippen molar-refractivity contribution in [3.8, 4) is 11.4 Å². The zero-order chi connectivity index (χ0) is 19.2. The number of carbonyl (C=O) groups is 2. The number of esters is 1. The summed E-state index contributed by atoms with van der Waals surface area (Å²) in [5.41, 5.74) is 0.707. The van der Waals surface area contributed by atoms with Crippen LogP contribution in [0.25, 0.3) is 11.4 Å². The quantitative estimate of drug-likeness (QED) is 0.467. The number of carbonyl (C=O) groups excluding carboxylic acids is 2. The standard InChI is InChI=1S/C19H14F2N2O4/c20-14-7-6-13(10-15(14)21)16(24)11-26-18(25)9-8-17-22-19(23-27-17)12-4-2-1-3-5-12/h1-7,10H,8-9,11H2. The highest BCUT2D eigenvalue weighted by Gasteiger charge is 2.14. The molecule has 8 heteroatoms. The maximum absolute atomic E-state index is 13.1. The zero-order valence-corrected chi connectivity index (χ0v) is 14.0. The molecule has 0 unspecified atom stereocenters. The lowest BCUT2D eigenvalue weighted by Gasteiger charge is -2.04. The molecular formula is C19H14F2N2O4. The lowest BCUT2D eigenvalue weighted by atomic mass is 10.1. The number of hydrogen-bond acceptors (Lipinski definition) is 6. The van der Waals surface area contributed by atoms with Gasteiger partial charge in [-0.1, -0.05) is 35.5 Å². The predicted octanol–water partition coefficient (Wildman–Crippen LogP) is 3.37. The molecule has 0 aliphatic rings. The highest BCUT2D eigenvalue weighted by molar-refractivity contribution is 5.97. The number of ether oxygens (including phenoxy) is 1. The van der Waals surface area contributed by atoms with Crippen molar-refractivity contribution >= 4 is 11.8 Å². The normalized spacial score (nSPS) is 10.6. The first-order valence-corrected chi connectivity index (χ1v) is 8.05. The van der Waals surface area contributed by atoms with Crippen LogP contribution in [0.3, 0.4) is 0 Å². The van der Waals surface area contributed by atoms with E-state index in [0.29, 0.717) is 5.82 Å². The summed E-state index contributed by atoms with van der Waals surface area (Å²) in [5.74, 6) is -2.81. The van der Waals surface area contributed by atoms with Crippen LogP contribution in [0.15, 0.2) is 53.1 Å². The van der Waals surface area contributed by atoms with E-state index in [0.717, 1.165) is 23.8 Å². The Morgan fingerprint density at radius 2 is 1.81 bits per heavy atom. The molecule has 27 heavy (non-hydrogen) atoms. The van der Waals surface area contributed by atoms with Gasteiger partial charge in [0.25, 0.3) is 0 Å². The fourth-order valence-corrected chi connectivity index (χ4v) is 2.24. The fourth-order valence-electron chi connectivity index (χ4n) is 2.24. The van der Waals surface area contributed by atoms with E-state index in [-0.39, 0.29) is 24.3 Å². The monoisotopic (exact) mass is 372 g/mol. The SMILES string of the molecule is O=C(CCc1nc(-c2ccccc2)no1)OCC(=O)c1ccc(F)c(F)c1. The van der Waals surface area contributed by atoms with Gasteiger partial charge in [0.1, 0.15) is 0 Å². The Balaban J connectivity index is 1.48. The molecule has 3 aromatic rings.